The fourth-order valence-corrected chi connectivity index (χ4v) is 2.23. The van der Waals surface area contributed by atoms with E-state index in [1.807, 2.05) is 5.98 Å². The molecule has 0 aromatic heterocycles. The quantitative estimate of drug-likeness (QED) is 0.748. The van der Waals surface area contributed by atoms with Crippen molar-refractivity contribution in [1.82, 2.24) is 0 Å². The minimum Gasteiger partial charge on any atom is -0.400 e. The molecule has 0 bridgehead atoms. The summed E-state index contributed by atoms with van der Waals surface area (Å²) < 4.78 is 11.9. The lowest BCUT2D eigenvalue weighted by Gasteiger charge is -2.32. The molecule has 0 unspecified atom stereocenters. The second kappa shape index (κ2) is 4.80. The van der Waals surface area contributed by atoms with E-state index in [9.17, 15) is 0 Å². The lowest BCUT2D eigenvalue weighted by molar-refractivity contribution is 0.00578. The third kappa shape index (κ3) is 2.77. The monoisotopic (exact) mass is 258 g/mol. The summed E-state index contributed by atoms with van der Waals surface area (Å²) >= 11 is 0. The van der Waals surface area contributed by atoms with Crippen molar-refractivity contribution in [1.29, 1.82) is 0 Å². The highest BCUT2D eigenvalue weighted by atomic mass is 16.7. The standard InChI is InChI=1S/C16H23BO2/c1-12-8-7-9-13(2)14(12)10-11-17-18-15(3,4)16(5,6)19-17/h7-11H,1-6H3/b11-10+. The molecular formula is C16H23BO2. The zero-order valence-corrected chi connectivity index (χ0v) is 12.8. The summed E-state index contributed by atoms with van der Waals surface area (Å²) in [5, 5.41) is 0. The molecular weight excluding hydrogens is 235 g/mol. The number of benzene rings is 1. The van der Waals surface area contributed by atoms with E-state index < -0.39 is 0 Å². The van der Waals surface area contributed by atoms with Crippen LogP contribution in [0.3, 0.4) is 0 Å². The first-order chi connectivity index (χ1) is 8.73. The summed E-state index contributed by atoms with van der Waals surface area (Å²) in [7, 11) is -0.274. The molecule has 1 aromatic carbocycles. The lowest BCUT2D eigenvalue weighted by Crippen LogP contribution is -2.41. The molecule has 0 aliphatic carbocycles. The molecule has 1 heterocycles. The Balaban J connectivity index is 2.18. The summed E-state index contributed by atoms with van der Waals surface area (Å²) in [6.45, 7) is 12.5. The maximum absolute atomic E-state index is 5.96. The van der Waals surface area contributed by atoms with E-state index in [-0.39, 0.29) is 18.3 Å². The predicted octanol–water partition coefficient (Wildman–Crippen LogP) is 3.95. The Morgan fingerprint density at radius 1 is 0.947 bits per heavy atom. The van der Waals surface area contributed by atoms with Crippen molar-refractivity contribution in [2.24, 2.45) is 0 Å². The average Bonchev–Trinajstić information content (AvgIpc) is 2.46. The van der Waals surface area contributed by atoms with Gasteiger partial charge in [-0.1, -0.05) is 30.3 Å². The normalized spacial score (nSPS) is 21.3. The van der Waals surface area contributed by atoms with Gasteiger partial charge in [0.2, 0.25) is 0 Å². The molecule has 2 rings (SSSR count). The van der Waals surface area contributed by atoms with Crippen LogP contribution in [0.5, 0.6) is 0 Å². The van der Waals surface area contributed by atoms with Gasteiger partial charge in [0.25, 0.3) is 0 Å². The van der Waals surface area contributed by atoms with Gasteiger partial charge in [-0.25, -0.2) is 0 Å². The van der Waals surface area contributed by atoms with Crippen molar-refractivity contribution in [3.63, 3.8) is 0 Å². The van der Waals surface area contributed by atoms with Crippen molar-refractivity contribution in [2.75, 3.05) is 0 Å². The predicted molar refractivity (Wildman–Crippen MR) is 81.0 cm³/mol. The first-order valence-corrected chi connectivity index (χ1v) is 6.83. The molecule has 1 aromatic rings. The van der Waals surface area contributed by atoms with Crippen LogP contribution in [-0.2, 0) is 9.31 Å². The second-order valence-corrected chi connectivity index (χ2v) is 6.29. The maximum Gasteiger partial charge on any atom is 0.487 e. The largest absolute Gasteiger partial charge is 0.487 e. The zero-order valence-electron chi connectivity index (χ0n) is 12.8. The maximum atomic E-state index is 5.96. The second-order valence-electron chi connectivity index (χ2n) is 6.29. The third-order valence-electron chi connectivity index (χ3n) is 4.23. The van der Waals surface area contributed by atoms with Gasteiger partial charge in [0.15, 0.2) is 0 Å². The lowest BCUT2D eigenvalue weighted by atomic mass is 9.88. The van der Waals surface area contributed by atoms with Crippen LogP contribution in [0.4, 0.5) is 0 Å². The van der Waals surface area contributed by atoms with Crippen LogP contribution >= 0.6 is 0 Å². The molecule has 1 saturated heterocycles. The highest BCUT2D eigenvalue weighted by molar-refractivity contribution is 6.52. The molecule has 0 N–H and O–H groups in total. The van der Waals surface area contributed by atoms with Crippen LogP contribution in [0, 0.1) is 13.8 Å². The molecule has 1 aliphatic heterocycles. The van der Waals surface area contributed by atoms with E-state index in [0.717, 1.165) is 0 Å². The van der Waals surface area contributed by atoms with E-state index >= 15 is 0 Å². The summed E-state index contributed by atoms with van der Waals surface area (Å²) in [6, 6.07) is 6.32. The number of rotatable bonds is 2. The summed E-state index contributed by atoms with van der Waals surface area (Å²) in [5.74, 6) is 2.01. The Labute approximate surface area is 117 Å². The molecule has 1 aliphatic rings. The third-order valence-corrected chi connectivity index (χ3v) is 4.23. The van der Waals surface area contributed by atoms with Crippen molar-refractivity contribution in [3.05, 3.63) is 40.9 Å². The minimum absolute atomic E-state index is 0.274. The Morgan fingerprint density at radius 2 is 1.42 bits per heavy atom. The molecule has 0 atom stereocenters. The Kier molecular flexibility index (Phi) is 3.63. The fourth-order valence-electron chi connectivity index (χ4n) is 2.23. The molecule has 0 radical (unpaired) electrons. The van der Waals surface area contributed by atoms with Gasteiger partial charge in [-0.15, -0.1) is 0 Å². The van der Waals surface area contributed by atoms with Gasteiger partial charge in [-0.3, -0.25) is 0 Å². The molecule has 3 heteroatoms. The molecule has 0 saturated carbocycles. The Hall–Kier alpha value is -1.06. The topological polar surface area (TPSA) is 18.5 Å². The first kappa shape index (κ1) is 14.4. The minimum atomic E-state index is -0.275. The zero-order chi connectivity index (χ0) is 14.3. The number of hydrogen-bond donors (Lipinski definition) is 0. The molecule has 19 heavy (non-hydrogen) atoms. The van der Waals surface area contributed by atoms with Crippen LogP contribution in [0.25, 0.3) is 6.08 Å². The van der Waals surface area contributed by atoms with Crippen LogP contribution in [0.2, 0.25) is 0 Å². The van der Waals surface area contributed by atoms with Gasteiger partial charge in [-0.05, 0) is 58.2 Å². The van der Waals surface area contributed by atoms with E-state index in [1.165, 1.54) is 16.7 Å². The van der Waals surface area contributed by atoms with E-state index in [4.69, 9.17) is 9.31 Å². The summed E-state index contributed by atoms with van der Waals surface area (Å²) in [6.07, 6.45) is 2.10. The van der Waals surface area contributed by atoms with Crippen LogP contribution < -0.4 is 0 Å². The van der Waals surface area contributed by atoms with E-state index in [1.54, 1.807) is 0 Å². The van der Waals surface area contributed by atoms with Gasteiger partial charge in [-0.2, -0.15) is 0 Å². The Morgan fingerprint density at radius 3 is 1.89 bits per heavy atom. The van der Waals surface area contributed by atoms with Crippen molar-refractivity contribution in [2.45, 2.75) is 52.7 Å². The summed E-state index contributed by atoms with van der Waals surface area (Å²) in [5.41, 5.74) is 3.24. The molecule has 1 fully saturated rings. The van der Waals surface area contributed by atoms with Crippen LogP contribution in [0.15, 0.2) is 24.2 Å². The molecule has 2 nitrogen and oxygen atoms in total. The van der Waals surface area contributed by atoms with Gasteiger partial charge in [0.05, 0.1) is 11.2 Å². The highest BCUT2D eigenvalue weighted by Crippen LogP contribution is 2.37. The first-order valence-electron chi connectivity index (χ1n) is 6.83. The van der Waals surface area contributed by atoms with Gasteiger partial charge in [0.1, 0.15) is 0 Å². The molecule has 0 spiro atoms. The number of hydrogen-bond acceptors (Lipinski definition) is 2. The van der Waals surface area contributed by atoms with Gasteiger partial charge < -0.3 is 9.31 Å². The average molecular weight is 258 g/mol. The van der Waals surface area contributed by atoms with Gasteiger partial charge >= 0.3 is 7.12 Å². The van der Waals surface area contributed by atoms with Crippen molar-refractivity contribution in [3.8, 4) is 0 Å². The highest BCUT2D eigenvalue weighted by Gasteiger charge is 2.49. The smallest absolute Gasteiger partial charge is 0.400 e. The van der Waals surface area contributed by atoms with Crippen LogP contribution in [-0.4, -0.2) is 18.3 Å². The molecule has 102 valence electrons. The molecule has 0 amide bonds. The Bertz CT molecular complexity index is 467. The van der Waals surface area contributed by atoms with Crippen molar-refractivity contribution >= 4 is 13.2 Å². The summed E-state index contributed by atoms with van der Waals surface area (Å²) in [4.78, 5) is 0. The fraction of sp³-hybridized carbons (Fsp3) is 0.500. The number of aryl methyl sites for hydroxylation is 2. The van der Waals surface area contributed by atoms with Gasteiger partial charge in [0, 0.05) is 0 Å². The van der Waals surface area contributed by atoms with Crippen LogP contribution in [0.1, 0.15) is 44.4 Å². The van der Waals surface area contributed by atoms with E-state index in [0.29, 0.717) is 0 Å². The van der Waals surface area contributed by atoms with E-state index in [2.05, 4.69) is 65.8 Å². The van der Waals surface area contributed by atoms with Crippen molar-refractivity contribution < 1.29 is 9.31 Å². The SMILES string of the molecule is Cc1cccc(C)c1/C=C/B1OC(C)(C)C(C)(C)O1.